The molecule has 1 aromatic heterocycles. The molecule has 4 aromatic rings. The highest BCUT2D eigenvalue weighted by molar-refractivity contribution is 6.30. The van der Waals surface area contributed by atoms with Crippen LogP contribution in [0.3, 0.4) is 0 Å². The highest BCUT2D eigenvalue weighted by Crippen LogP contribution is 2.28. The number of hydrogen-bond donors (Lipinski definition) is 2. The standard InChI is InChI=1S/C24H22ClN5O2/c25-19-5-9-21(10-6-19)32-20-7-2-17(3-8-20)18-4-11-23(26)22(16-18)24(31)30(27)15-14-29-13-1-12-28-29/h1-13,16H,14-15,26-27H2. The lowest BCUT2D eigenvalue weighted by atomic mass is 10.0. The Hall–Kier alpha value is -3.81. The number of amides is 1. The fraction of sp³-hybridized carbons (Fsp3) is 0.0833. The molecule has 0 bridgehead atoms. The maximum absolute atomic E-state index is 12.9. The first kappa shape index (κ1) is 21.4. The summed E-state index contributed by atoms with van der Waals surface area (Å²) in [7, 11) is 0. The van der Waals surface area contributed by atoms with E-state index in [1.54, 1.807) is 47.3 Å². The van der Waals surface area contributed by atoms with E-state index in [9.17, 15) is 4.79 Å². The molecule has 7 nitrogen and oxygen atoms in total. The average Bonchev–Trinajstić information content (AvgIpc) is 3.33. The number of ether oxygens (including phenoxy) is 1. The molecule has 0 aliphatic carbocycles. The zero-order valence-corrected chi connectivity index (χ0v) is 17.9. The van der Waals surface area contributed by atoms with Crippen LogP contribution in [0.15, 0.2) is 85.2 Å². The quantitative estimate of drug-likeness (QED) is 0.187. The van der Waals surface area contributed by atoms with Crippen LogP contribution in [0, 0.1) is 0 Å². The number of aromatic nitrogens is 2. The number of anilines is 1. The van der Waals surface area contributed by atoms with Crippen molar-refractivity contribution in [3.05, 3.63) is 95.8 Å². The minimum absolute atomic E-state index is 0.306. The lowest BCUT2D eigenvalue weighted by Gasteiger charge is -2.18. The van der Waals surface area contributed by atoms with Gasteiger partial charge in [-0.15, -0.1) is 0 Å². The summed E-state index contributed by atoms with van der Waals surface area (Å²) in [5.74, 6) is 7.02. The van der Waals surface area contributed by atoms with Gasteiger partial charge in [0.25, 0.3) is 5.91 Å². The molecule has 4 N–H and O–H groups in total. The number of carbonyl (C=O) groups excluding carboxylic acids is 1. The number of benzene rings is 3. The third-order valence-corrected chi connectivity index (χ3v) is 5.16. The van der Waals surface area contributed by atoms with Crippen LogP contribution in [0.2, 0.25) is 5.02 Å². The van der Waals surface area contributed by atoms with Gasteiger partial charge in [0.2, 0.25) is 0 Å². The van der Waals surface area contributed by atoms with Crippen molar-refractivity contribution >= 4 is 23.2 Å². The fourth-order valence-electron chi connectivity index (χ4n) is 3.17. The van der Waals surface area contributed by atoms with E-state index in [0.29, 0.717) is 40.9 Å². The Balaban J connectivity index is 1.47. The number of halogens is 1. The Morgan fingerprint density at radius 1 is 1.00 bits per heavy atom. The van der Waals surface area contributed by atoms with Crippen LogP contribution in [0.1, 0.15) is 10.4 Å². The number of nitrogens with two attached hydrogens (primary N) is 2. The highest BCUT2D eigenvalue weighted by Gasteiger charge is 2.16. The molecule has 3 aromatic carbocycles. The second kappa shape index (κ2) is 9.55. The molecule has 0 radical (unpaired) electrons. The van der Waals surface area contributed by atoms with Crippen molar-refractivity contribution in [3.8, 4) is 22.6 Å². The first-order valence-corrected chi connectivity index (χ1v) is 10.3. The van der Waals surface area contributed by atoms with E-state index in [1.807, 2.05) is 42.6 Å². The third kappa shape index (κ3) is 5.08. The van der Waals surface area contributed by atoms with Crippen LogP contribution < -0.4 is 16.3 Å². The summed E-state index contributed by atoms with van der Waals surface area (Å²) in [6.07, 6.45) is 3.49. The van der Waals surface area contributed by atoms with Gasteiger partial charge in [-0.3, -0.25) is 14.5 Å². The number of nitrogen functional groups attached to an aromatic ring is 1. The zero-order chi connectivity index (χ0) is 22.5. The van der Waals surface area contributed by atoms with Crippen LogP contribution in [-0.2, 0) is 6.54 Å². The summed E-state index contributed by atoms with van der Waals surface area (Å²) in [5, 5.41) is 5.92. The second-order valence-electron chi connectivity index (χ2n) is 7.15. The minimum atomic E-state index is -0.348. The van der Waals surface area contributed by atoms with E-state index in [2.05, 4.69) is 5.10 Å². The van der Waals surface area contributed by atoms with E-state index >= 15 is 0 Å². The van der Waals surface area contributed by atoms with Crippen LogP contribution in [-0.4, -0.2) is 27.2 Å². The van der Waals surface area contributed by atoms with Gasteiger partial charge < -0.3 is 10.5 Å². The molecule has 0 atom stereocenters. The van der Waals surface area contributed by atoms with Crippen molar-refractivity contribution in [1.29, 1.82) is 0 Å². The number of hydrazine groups is 1. The fourth-order valence-corrected chi connectivity index (χ4v) is 3.30. The van der Waals surface area contributed by atoms with Crippen molar-refractivity contribution < 1.29 is 9.53 Å². The predicted octanol–water partition coefficient (Wildman–Crippen LogP) is 4.59. The summed E-state index contributed by atoms with van der Waals surface area (Å²) in [6.45, 7) is 0.796. The Morgan fingerprint density at radius 3 is 2.31 bits per heavy atom. The smallest absolute Gasteiger partial charge is 0.269 e. The maximum atomic E-state index is 12.9. The SMILES string of the molecule is Nc1ccc(-c2ccc(Oc3ccc(Cl)cc3)cc2)cc1C(=O)N(N)CCn1cccn1. The number of carbonyl (C=O) groups is 1. The van der Waals surface area contributed by atoms with Gasteiger partial charge in [0.1, 0.15) is 11.5 Å². The third-order valence-electron chi connectivity index (χ3n) is 4.91. The van der Waals surface area contributed by atoms with Gasteiger partial charge in [0, 0.05) is 23.1 Å². The van der Waals surface area contributed by atoms with Crippen LogP contribution in [0.5, 0.6) is 11.5 Å². The summed E-state index contributed by atoms with van der Waals surface area (Å²) in [4.78, 5) is 12.9. The molecule has 0 unspecified atom stereocenters. The molecule has 32 heavy (non-hydrogen) atoms. The molecule has 0 aliphatic rings. The largest absolute Gasteiger partial charge is 0.457 e. The molecule has 0 saturated carbocycles. The first-order valence-electron chi connectivity index (χ1n) is 9.97. The Kier molecular flexibility index (Phi) is 6.39. The summed E-state index contributed by atoms with van der Waals surface area (Å²) >= 11 is 5.91. The van der Waals surface area contributed by atoms with E-state index < -0.39 is 0 Å². The van der Waals surface area contributed by atoms with E-state index in [-0.39, 0.29) is 5.91 Å². The van der Waals surface area contributed by atoms with E-state index in [1.165, 1.54) is 0 Å². The molecule has 0 saturated heterocycles. The number of rotatable bonds is 7. The minimum Gasteiger partial charge on any atom is -0.457 e. The first-order chi connectivity index (χ1) is 15.5. The van der Waals surface area contributed by atoms with Gasteiger partial charge in [-0.25, -0.2) is 5.84 Å². The number of nitrogens with zero attached hydrogens (tertiary/aromatic N) is 3. The summed E-state index contributed by atoms with van der Waals surface area (Å²) < 4.78 is 7.54. The average molecular weight is 448 g/mol. The van der Waals surface area contributed by atoms with Gasteiger partial charge in [-0.05, 0) is 65.7 Å². The molecule has 0 fully saturated rings. The van der Waals surface area contributed by atoms with Gasteiger partial charge in [0.05, 0.1) is 18.7 Å². The normalized spacial score (nSPS) is 10.7. The Bertz CT molecular complexity index is 1190. The van der Waals surface area contributed by atoms with Crippen molar-refractivity contribution in [2.75, 3.05) is 12.3 Å². The van der Waals surface area contributed by atoms with Crippen molar-refractivity contribution in [3.63, 3.8) is 0 Å². The molecule has 0 aliphatic heterocycles. The van der Waals surface area contributed by atoms with E-state index in [0.717, 1.165) is 16.1 Å². The van der Waals surface area contributed by atoms with Crippen LogP contribution >= 0.6 is 11.6 Å². The van der Waals surface area contributed by atoms with Gasteiger partial charge >= 0.3 is 0 Å². The van der Waals surface area contributed by atoms with Crippen LogP contribution in [0.4, 0.5) is 5.69 Å². The Morgan fingerprint density at radius 2 is 1.66 bits per heavy atom. The highest BCUT2D eigenvalue weighted by atomic mass is 35.5. The van der Waals surface area contributed by atoms with Crippen molar-refractivity contribution in [2.24, 2.45) is 5.84 Å². The molecular formula is C24H22ClN5O2. The van der Waals surface area contributed by atoms with Crippen LogP contribution in [0.25, 0.3) is 11.1 Å². The summed E-state index contributed by atoms with van der Waals surface area (Å²) in [6, 6.07) is 21.9. The monoisotopic (exact) mass is 447 g/mol. The molecular weight excluding hydrogens is 426 g/mol. The molecule has 8 heteroatoms. The molecule has 4 rings (SSSR count). The van der Waals surface area contributed by atoms with Crippen molar-refractivity contribution in [2.45, 2.75) is 6.54 Å². The second-order valence-corrected chi connectivity index (χ2v) is 7.59. The van der Waals surface area contributed by atoms with Gasteiger partial charge in [0.15, 0.2) is 0 Å². The topological polar surface area (TPSA) is 99.4 Å². The molecule has 0 spiro atoms. The lowest BCUT2D eigenvalue weighted by Crippen LogP contribution is -2.40. The maximum Gasteiger partial charge on any atom is 0.269 e. The number of hydrogen-bond acceptors (Lipinski definition) is 5. The van der Waals surface area contributed by atoms with Gasteiger partial charge in [-0.2, -0.15) is 5.10 Å². The summed E-state index contributed by atoms with van der Waals surface area (Å²) in [5.41, 5.74) is 8.56. The van der Waals surface area contributed by atoms with E-state index in [4.69, 9.17) is 27.9 Å². The molecule has 1 amide bonds. The zero-order valence-electron chi connectivity index (χ0n) is 17.2. The molecule has 162 valence electrons. The predicted molar refractivity (Wildman–Crippen MR) is 125 cm³/mol. The Labute approximate surface area is 190 Å². The van der Waals surface area contributed by atoms with Gasteiger partial charge in [-0.1, -0.05) is 29.8 Å². The molecule has 1 heterocycles. The lowest BCUT2D eigenvalue weighted by molar-refractivity contribution is 0.0749. The van der Waals surface area contributed by atoms with Crippen molar-refractivity contribution in [1.82, 2.24) is 14.8 Å².